The Morgan fingerprint density at radius 2 is 1.74 bits per heavy atom. The molecule has 3 aromatic rings. The predicted octanol–water partition coefficient (Wildman–Crippen LogP) is 7.93. The molecule has 0 saturated carbocycles. The molecule has 300 valence electrons. The number of hydrogen-bond donors (Lipinski definition) is 1. The van der Waals surface area contributed by atoms with E-state index in [4.69, 9.17) is 21.4 Å². The summed E-state index contributed by atoms with van der Waals surface area (Å²) in [5.74, 6) is -1.17. The van der Waals surface area contributed by atoms with E-state index >= 15 is 0 Å². The summed E-state index contributed by atoms with van der Waals surface area (Å²) in [5.41, 5.74) is 6.70. The van der Waals surface area contributed by atoms with Crippen LogP contribution in [-0.4, -0.2) is 53.8 Å². The van der Waals surface area contributed by atoms with Crippen LogP contribution in [0.5, 0.6) is 0 Å². The number of aromatic nitrogens is 1. The van der Waals surface area contributed by atoms with Crippen molar-refractivity contribution in [3.05, 3.63) is 118 Å². The van der Waals surface area contributed by atoms with Crippen molar-refractivity contribution in [2.45, 2.75) is 96.9 Å². The number of allylic oxidation sites excluding steroid dienone is 6. The van der Waals surface area contributed by atoms with Gasteiger partial charge in [0.25, 0.3) is 21.9 Å². The minimum atomic E-state index is -4.13. The molecule has 0 aliphatic carbocycles. The minimum absolute atomic E-state index is 0.0286. The lowest BCUT2D eigenvalue weighted by atomic mass is 9.81. The molecule has 1 aromatic heterocycles. The van der Waals surface area contributed by atoms with Crippen LogP contribution in [0.4, 0.5) is 11.5 Å². The molecule has 1 saturated heterocycles. The second-order valence-corrected chi connectivity index (χ2v) is 17.8. The zero-order chi connectivity index (χ0) is 41.1. The Labute approximate surface area is 340 Å². The Morgan fingerprint density at radius 1 is 1.00 bits per heavy atom. The number of hydrogen-bond acceptors (Lipinski definition) is 8. The van der Waals surface area contributed by atoms with Crippen LogP contribution in [-0.2, 0) is 53.1 Å². The van der Waals surface area contributed by atoms with Crippen molar-refractivity contribution in [3.8, 4) is 0 Å². The molecule has 0 unspecified atom stereocenters. The van der Waals surface area contributed by atoms with Crippen LogP contribution < -0.4 is 9.47 Å². The molecule has 1 N–H and O–H groups in total. The molecule has 1 fully saturated rings. The van der Waals surface area contributed by atoms with Crippen molar-refractivity contribution in [2.75, 3.05) is 17.2 Å². The fraction of sp³-hybridized carbons (Fsp3) is 0.386. The van der Waals surface area contributed by atoms with Crippen molar-refractivity contribution in [1.82, 2.24) is 5.06 Å². The summed E-state index contributed by atoms with van der Waals surface area (Å²) in [7, 11) is -4.13. The Kier molecular flexibility index (Phi) is 12.4. The fourth-order valence-corrected chi connectivity index (χ4v) is 8.38. The molecule has 3 aliphatic rings. The number of benzene rings is 2. The minimum Gasteiger partial charge on any atom is -0.344 e. The molecule has 6 rings (SSSR count). The SMILES string of the molecule is CCCC[n+]1cc(Cl)cc2c1N=C(/C=C/C(=C/C=C1/N(CCCS(=O)(=O)O)c3ccccc3C1(C)C)c1cccc(CCC(=O)ON3C(=O)CCC3=O)c1)C2(C)C. The van der Waals surface area contributed by atoms with Crippen LogP contribution in [0, 0.1) is 0 Å². The van der Waals surface area contributed by atoms with E-state index in [1.807, 2.05) is 73.0 Å². The number of aryl methyl sites for hydroxylation is 2. The first kappa shape index (κ1) is 41.7. The molecular weight excluding hydrogens is 764 g/mol. The summed E-state index contributed by atoms with van der Waals surface area (Å²) in [6.07, 6.45) is 12.7. The van der Waals surface area contributed by atoms with Crippen molar-refractivity contribution in [1.29, 1.82) is 0 Å². The van der Waals surface area contributed by atoms with E-state index in [0.717, 1.165) is 70.1 Å². The smallest absolute Gasteiger partial charge is 0.333 e. The fourth-order valence-electron chi connectivity index (χ4n) is 7.66. The van der Waals surface area contributed by atoms with E-state index in [9.17, 15) is 27.4 Å². The number of carbonyl (C=O) groups is 3. The summed E-state index contributed by atoms with van der Waals surface area (Å²) < 4.78 is 34.9. The molecule has 0 bridgehead atoms. The zero-order valence-electron chi connectivity index (χ0n) is 33.1. The first-order valence-corrected chi connectivity index (χ1v) is 21.4. The standard InChI is InChI=1S/C44H49ClN4O7S/c1-6-7-24-47-29-33(45)28-35-42(47)46-37(43(35,2)3)19-17-31(32-13-10-12-30(27-32)16-23-41(52)56-49-39(50)21-22-40(49)51)18-20-38-44(4,5)34-14-8-9-15-36(34)48(38)25-11-26-57(53,54)55/h8-10,12-15,17-20,27-29H,6-7,11,16,21-26H2,1-5H3/p+1. The average molecular weight is 814 g/mol. The van der Waals surface area contributed by atoms with Crippen LogP contribution in [0.1, 0.15) is 95.4 Å². The van der Waals surface area contributed by atoms with E-state index in [1.165, 1.54) is 0 Å². The number of fused-ring (bicyclic) bond motifs is 2. The Hall–Kier alpha value is -4.91. The highest BCUT2D eigenvalue weighted by molar-refractivity contribution is 7.85. The number of anilines is 1. The highest BCUT2D eigenvalue weighted by atomic mass is 35.5. The van der Waals surface area contributed by atoms with Gasteiger partial charge in [0, 0.05) is 36.2 Å². The van der Waals surface area contributed by atoms with Crippen molar-refractivity contribution < 1.29 is 36.8 Å². The summed E-state index contributed by atoms with van der Waals surface area (Å²) in [6, 6.07) is 17.9. The highest BCUT2D eigenvalue weighted by Crippen LogP contribution is 2.48. The molecule has 3 aliphatic heterocycles. The third-order valence-corrected chi connectivity index (χ3v) is 11.9. The van der Waals surface area contributed by atoms with Crippen LogP contribution in [0.2, 0.25) is 5.02 Å². The van der Waals surface area contributed by atoms with Gasteiger partial charge in [-0.2, -0.15) is 8.42 Å². The first-order valence-electron chi connectivity index (χ1n) is 19.4. The van der Waals surface area contributed by atoms with Gasteiger partial charge in [-0.3, -0.25) is 14.1 Å². The second kappa shape index (κ2) is 16.9. The molecular formula is C44H50ClN4O7S+. The van der Waals surface area contributed by atoms with Crippen molar-refractivity contribution in [3.63, 3.8) is 0 Å². The number of nitrogens with zero attached hydrogens (tertiary/aromatic N) is 4. The largest absolute Gasteiger partial charge is 0.344 e. The molecule has 13 heteroatoms. The van der Waals surface area contributed by atoms with E-state index in [2.05, 4.69) is 56.2 Å². The lowest BCUT2D eigenvalue weighted by Gasteiger charge is -2.27. The Morgan fingerprint density at radius 3 is 2.46 bits per heavy atom. The lowest BCUT2D eigenvalue weighted by molar-refractivity contribution is -0.684. The van der Waals surface area contributed by atoms with Crippen LogP contribution >= 0.6 is 11.6 Å². The normalized spacial score (nSPS) is 18.1. The maximum atomic E-state index is 12.7. The topological polar surface area (TPSA) is 138 Å². The number of rotatable bonds is 15. The Balaban J connectivity index is 1.37. The van der Waals surface area contributed by atoms with Crippen LogP contribution in [0.25, 0.3) is 5.57 Å². The molecule has 57 heavy (non-hydrogen) atoms. The number of pyridine rings is 1. The van der Waals surface area contributed by atoms with E-state index < -0.39 is 38.7 Å². The number of carbonyl (C=O) groups excluding carboxylic acids is 3. The molecule has 11 nitrogen and oxygen atoms in total. The number of aliphatic imine (C=N–C) groups is 1. The van der Waals surface area contributed by atoms with Gasteiger partial charge in [0.05, 0.1) is 34.7 Å². The molecule has 0 spiro atoms. The second-order valence-electron chi connectivity index (χ2n) is 15.8. The summed E-state index contributed by atoms with van der Waals surface area (Å²) in [4.78, 5) is 49.0. The van der Waals surface area contributed by atoms with Crippen molar-refractivity contribution >= 4 is 62.3 Å². The number of hydroxylamine groups is 2. The number of amides is 2. The quantitative estimate of drug-likeness (QED) is 0.0707. The number of halogens is 1. The van der Waals surface area contributed by atoms with E-state index in [0.29, 0.717) is 23.1 Å². The van der Waals surface area contributed by atoms with Crippen molar-refractivity contribution in [2.24, 2.45) is 4.99 Å². The Bertz CT molecular complexity index is 2310. The van der Waals surface area contributed by atoms with Crippen LogP contribution in [0.15, 0.2) is 95.8 Å². The maximum absolute atomic E-state index is 12.7. The number of para-hydroxylation sites is 1. The summed E-state index contributed by atoms with van der Waals surface area (Å²) in [5, 5.41) is 1.23. The summed E-state index contributed by atoms with van der Waals surface area (Å²) >= 11 is 6.62. The number of unbranched alkanes of at least 4 members (excludes halogenated alkanes) is 1. The average Bonchev–Trinajstić information content (AvgIpc) is 3.69. The van der Waals surface area contributed by atoms with Gasteiger partial charge in [-0.1, -0.05) is 93.4 Å². The molecule has 2 amide bonds. The third kappa shape index (κ3) is 9.29. The van der Waals surface area contributed by atoms with Gasteiger partial charge in [0.2, 0.25) is 0 Å². The van der Waals surface area contributed by atoms with E-state index in [1.54, 1.807) is 0 Å². The third-order valence-electron chi connectivity index (χ3n) is 10.9. The molecule has 4 heterocycles. The highest BCUT2D eigenvalue weighted by Gasteiger charge is 2.43. The van der Waals surface area contributed by atoms with Gasteiger partial charge >= 0.3 is 11.8 Å². The maximum Gasteiger partial charge on any atom is 0.333 e. The predicted molar refractivity (Wildman–Crippen MR) is 222 cm³/mol. The van der Waals surface area contributed by atoms with Gasteiger partial charge in [-0.25, -0.2) is 9.36 Å². The summed E-state index contributed by atoms with van der Waals surface area (Å²) in [6.45, 7) is 11.9. The van der Waals surface area contributed by atoms with Crippen LogP contribution in [0.3, 0.4) is 0 Å². The first-order chi connectivity index (χ1) is 27.0. The van der Waals surface area contributed by atoms with Gasteiger partial charge in [0.1, 0.15) is 6.20 Å². The molecule has 2 aromatic carbocycles. The van der Waals surface area contributed by atoms with Gasteiger partial charge < -0.3 is 9.74 Å². The lowest BCUT2D eigenvalue weighted by Crippen LogP contribution is -2.35. The molecule has 0 atom stereocenters. The van der Waals surface area contributed by atoms with Gasteiger partial charge in [-0.15, -0.1) is 5.06 Å². The monoisotopic (exact) mass is 813 g/mol. The number of imide groups is 1. The van der Waals surface area contributed by atoms with E-state index in [-0.39, 0.29) is 31.4 Å². The zero-order valence-corrected chi connectivity index (χ0v) is 34.7. The van der Waals surface area contributed by atoms with Gasteiger partial charge in [0.15, 0.2) is 5.71 Å². The van der Waals surface area contributed by atoms with Gasteiger partial charge in [-0.05, 0) is 84.7 Å². The molecule has 0 radical (unpaired) electrons.